The molecule has 1 aromatic rings. The molecule has 0 fully saturated rings. The lowest BCUT2D eigenvalue weighted by Gasteiger charge is -2.17. The van der Waals surface area contributed by atoms with E-state index in [9.17, 15) is 0 Å². The number of benzene rings is 1. The Morgan fingerprint density at radius 1 is 1.47 bits per heavy atom. The van der Waals surface area contributed by atoms with E-state index in [0.717, 1.165) is 30.2 Å². The van der Waals surface area contributed by atoms with Gasteiger partial charge in [-0.05, 0) is 38.4 Å². The van der Waals surface area contributed by atoms with Crippen molar-refractivity contribution in [3.63, 3.8) is 0 Å². The van der Waals surface area contributed by atoms with Gasteiger partial charge in [-0.3, -0.25) is 0 Å². The van der Waals surface area contributed by atoms with Crippen LogP contribution in [0.3, 0.4) is 0 Å². The van der Waals surface area contributed by atoms with E-state index in [4.69, 9.17) is 16.3 Å². The molecule has 0 aromatic heterocycles. The molecule has 2 rings (SSSR count). The van der Waals surface area contributed by atoms with Gasteiger partial charge >= 0.3 is 0 Å². The number of hydrogen-bond acceptors (Lipinski definition) is 2. The number of nitrogens with one attached hydrogen (secondary N) is 1. The van der Waals surface area contributed by atoms with Gasteiger partial charge in [-0.2, -0.15) is 0 Å². The Bertz CT molecular complexity index is 365. The second kappa shape index (κ2) is 4.42. The van der Waals surface area contributed by atoms with Gasteiger partial charge in [-0.25, -0.2) is 0 Å². The van der Waals surface area contributed by atoms with E-state index in [-0.39, 0.29) is 0 Å². The summed E-state index contributed by atoms with van der Waals surface area (Å²) in [5.74, 6) is 0.860. The Labute approximate surface area is 95.6 Å². The lowest BCUT2D eigenvalue weighted by atomic mass is 10.0. The van der Waals surface area contributed by atoms with Crippen molar-refractivity contribution < 1.29 is 4.74 Å². The Morgan fingerprint density at radius 3 is 3.00 bits per heavy atom. The zero-order valence-corrected chi connectivity index (χ0v) is 9.90. The zero-order chi connectivity index (χ0) is 10.8. The fraction of sp³-hybridized carbons (Fsp3) is 0.500. The quantitative estimate of drug-likeness (QED) is 0.793. The van der Waals surface area contributed by atoms with Crippen LogP contribution in [0.1, 0.15) is 30.0 Å². The Balaban J connectivity index is 2.50. The highest BCUT2D eigenvalue weighted by Crippen LogP contribution is 2.37. The van der Waals surface area contributed by atoms with Crippen LogP contribution in [0.15, 0.2) is 12.1 Å². The van der Waals surface area contributed by atoms with Crippen LogP contribution >= 0.6 is 11.6 Å². The van der Waals surface area contributed by atoms with E-state index in [0.29, 0.717) is 6.04 Å². The molecular formula is C12H16ClNO. The lowest BCUT2D eigenvalue weighted by molar-refractivity contribution is 0.315. The van der Waals surface area contributed by atoms with Gasteiger partial charge in [0.15, 0.2) is 0 Å². The van der Waals surface area contributed by atoms with Gasteiger partial charge in [-0.1, -0.05) is 17.7 Å². The summed E-state index contributed by atoms with van der Waals surface area (Å²) >= 11 is 6.19. The van der Waals surface area contributed by atoms with Crippen molar-refractivity contribution in [3.05, 3.63) is 28.3 Å². The third-order valence-electron chi connectivity index (χ3n) is 2.82. The first kappa shape index (κ1) is 10.8. The topological polar surface area (TPSA) is 21.3 Å². The van der Waals surface area contributed by atoms with E-state index in [2.05, 4.69) is 18.3 Å². The van der Waals surface area contributed by atoms with Gasteiger partial charge in [0.25, 0.3) is 0 Å². The van der Waals surface area contributed by atoms with E-state index in [1.807, 2.05) is 13.1 Å². The largest absolute Gasteiger partial charge is 0.492 e. The van der Waals surface area contributed by atoms with Crippen molar-refractivity contribution in [2.24, 2.45) is 0 Å². The van der Waals surface area contributed by atoms with Gasteiger partial charge in [0.05, 0.1) is 11.6 Å². The molecule has 1 N–H and O–H groups in total. The molecule has 1 heterocycles. The smallest absolute Gasteiger partial charge is 0.142 e. The van der Waals surface area contributed by atoms with Crippen LogP contribution in [0.4, 0.5) is 0 Å². The molecule has 15 heavy (non-hydrogen) atoms. The molecule has 0 saturated carbocycles. The van der Waals surface area contributed by atoms with Crippen LogP contribution in [-0.4, -0.2) is 13.7 Å². The number of hydrogen-bond donors (Lipinski definition) is 1. The summed E-state index contributed by atoms with van der Waals surface area (Å²) in [7, 11) is 1.98. The number of aryl methyl sites for hydroxylation is 1. The average molecular weight is 226 g/mol. The van der Waals surface area contributed by atoms with Crippen LogP contribution in [-0.2, 0) is 0 Å². The molecule has 1 aliphatic rings. The first-order valence-electron chi connectivity index (χ1n) is 5.32. The number of ether oxygens (including phenoxy) is 1. The average Bonchev–Trinajstić information content (AvgIpc) is 2.39. The third kappa shape index (κ3) is 2.11. The summed E-state index contributed by atoms with van der Waals surface area (Å²) in [5.41, 5.74) is 2.38. The molecule has 3 heteroatoms. The molecule has 0 radical (unpaired) electrons. The van der Waals surface area contributed by atoms with Gasteiger partial charge in [0, 0.05) is 11.6 Å². The lowest BCUT2D eigenvalue weighted by Crippen LogP contribution is -2.15. The van der Waals surface area contributed by atoms with Gasteiger partial charge in [0.2, 0.25) is 0 Å². The van der Waals surface area contributed by atoms with Crippen molar-refractivity contribution in [2.75, 3.05) is 13.7 Å². The highest BCUT2D eigenvalue weighted by Gasteiger charge is 2.20. The molecule has 2 nitrogen and oxygen atoms in total. The maximum Gasteiger partial charge on any atom is 0.142 e. The SMILES string of the molecule is CNC1CCCOc2c(Cl)cc(C)cc21. The fourth-order valence-electron chi connectivity index (χ4n) is 2.08. The van der Waals surface area contributed by atoms with Crippen molar-refractivity contribution in [2.45, 2.75) is 25.8 Å². The van der Waals surface area contributed by atoms with E-state index in [1.165, 1.54) is 11.1 Å². The molecule has 0 saturated heterocycles. The zero-order valence-electron chi connectivity index (χ0n) is 9.14. The second-order valence-corrected chi connectivity index (χ2v) is 4.40. The molecular weight excluding hydrogens is 210 g/mol. The summed E-state index contributed by atoms with van der Waals surface area (Å²) < 4.78 is 5.69. The maximum atomic E-state index is 6.19. The highest BCUT2D eigenvalue weighted by atomic mass is 35.5. The summed E-state index contributed by atoms with van der Waals surface area (Å²) in [5, 5.41) is 4.04. The number of halogens is 1. The summed E-state index contributed by atoms with van der Waals surface area (Å²) in [6.45, 7) is 2.82. The highest BCUT2D eigenvalue weighted by molar-refractivity contribution is 6.32. The molecule has 82 valence electrons. The standard InChI is InChI=1S/C12H16ClNO/c1-8-6-9-11(14-2)4-3-5-15-12(9)10(13)7-8/h6-7,11,14H,3-5H2,1-2H3. The molecule has 1 aromatic carbocycles. The van der Waals surface area contributed by atoms with Crippen molar-refractivity contribution in [1.82, 2.24) is 5.32 Å². The Morgan fingerprint density at radius 2 is 2.27 bits per heavy atom. The Kier molecular flexibility index (Phi) is 3.17. The predicted molar refractivity (Wildman–Crippen MR) is 62.7 cm³/mol. The molecule has 0 bridgehead atoms. The van der Waals surface area contributed by atoms with Crippen LogP contribution < -0.4 is 10.1 Å². The van der Waals surface area contributed by atoms with Crippen LogP contribution in [0.5, 0.6) is 5.75 Å². The van der Waals surface area contributed by atoms with Gasteiger partial charge in [-0.15, -0.1) is 0 Å². The van der Waals surface area contributed by atoms with Crippen molar-refractivity contribution >= 4 is 11.6 Å². The summed E-state index contributed by atoms with van der Waals surface area (Å²) in [6, 6.07) is 4.48. The van der Waals surface area contributed by atoms with Crippen LogP contribution in [0.2, 0.25) is 5.02 Å². The second-order valence-electron chi connectivity index (χ2n) is 4.00. The van der Waals surface area contributed by atoms with E-state index in [1.54, 1.807) is 0 Å². The van der Waals surface area contributed by atoms with Crippen molar-refractivity contribution in [1.29, 1.82) is 0 Å². The monoisotopic (exact) mass is 225 g/mol. The van der Waals surface area contributed by atoms with Crippen molar-refractivity contribution in [3.8, 4) is 5.75 Å². The first-order valence-corrected chi connectivity index (χ1v) is 5.70. The fourth-order valence-corrected chi connectivity index (χ4v) is 2.42. The van der Waals surface area contributed by atoms with Gasteiger partial charge in [0.1, 0.15) is 5.75 Å². The normalized spacial score (nSPS) is 20.3. The van der Waals surface area contributed by atoms with Crippen LogP contribution in [0, 0.1) is 6.92 Å². The molecule has 0 aliphatic carbocycles. The molecule has 1 aliphatic heterocycles. The first-order chi connectivity index (χ1) is 7.22. The number of fused-ring (bicyclic) bond motifs is 1. The molecule has 1 unspecified atom stereocenters. The minimum Gasteiger partial charge on any atom is -0.492 e. The van der Waals surface area contributed by atoms with Crippen LogP contribution in [0.25, 0.3) is 0 Å². The van der Waals surface area contributed by atoms with E-state index < -0.39 is 0 Å². The summed E-state index contributed by atoms with van der Waals surface area (Å²) in [4.78, 5) is 0. The minimum absolute atomic E-state index is 0.361. The van der Waals surface area contributed by atoms with Gasteiger partial charge < -0.3 is 10.1 Å². The Hall–Kier alpha value is -0.730. The number of rotatable bonds is 1. The summed E-state index contributed by atoms with van der Waals surface area (Å²) in [6.07, 6.45) is 2.17. The molecule has 1 atom stereocenters. The molecule has 0 spiro atoms. The third-order valence-corrected chi connectivity index (χ3v) is 3.10. The van der Waals surface area contributed by atoms with E-state index >= 15 is 0 Å². The predicted octanol–water partition coefficient (Wildman–Crippen LogP) is 3.08. The molecule has 0 amide bonds. The maximum absolute atomic E-state index is 6.19. The minimum atomic E-state index is 0.361.